The van der Waals surface area contributed by atoms with Crippen molar-refractivity contribution in [2.75, 3.05) is 0 Å². The van der Waals surface area contributed by atoms with Crippen molar-refractivity contribution in [2.24, 2.45) is 12.9 Å². The Bertz CT molecular complexity index is 520. The standard InChI is InChI=1S/C11H13F2N5/c1-18-6-7(16-17-18)5-10(15-14)11-8(12)3-2-4-9(11)13/h2-4,6,10,15H,5,14H2,1H3. The fraction of sp³-hybridized carbons (Fsp3) is 0.273. The van der Waals surface area contributed by atoms with E-state index in [4.69, 9.17) is 5.84 Å². The van der Waals surface area contributed by atoms with Gasteiger partial charge in [-0.1, -0.05) is 11.3 Å². The van der Waals surface area contributed by atoms with E-state index in [1.54, 1.807) is 13.2 Å². The van der Waals surface area contributed by atoms with Crippen molar-refractivity contribution in [3.8, 4) is 0 Å². The molecule has 96 valence electrons. The summed E-state index contributed by atoms with van der Waals surface area (Å²) in [7, 11) is 1.71. The van der Waals surface area contributed by atoms with Crippen LogP contribution in [0.3, 0.4) is 0 Å². The molecular formula is C11H13F2N5. The van der Waals surface area contributed by atoms with E-state index >= 15 is 0 Å². The molecule has 0 aliphatic carbocycles. The molecule has 0 amide bonds. The van der Waals surface area contributed by atoms with Crippen LogP contribution in [0, 0.1) is 11.6 Å². The summed E-state index contributed by atoms with van der Waals surface area (Å²) in [6.07, 6.45) is 1.92. The van der Waals surface area contributed by atoms with E-state index in [-0.39, 0.29) is 12.0 Å². The number of rotatable bonds is 4. The average Bonchev–Trinajstić information content (AvgIpc) is 2.73. The van der Waals surface area contributed by atoms with Crippen molar-refractivity contribution in [1.82, 2.24) is 20.4 Å². The van der Waals surface area contributed by atoms with Crippen LogP contribution in [0.15, 0.2) is 24.4 Å². The molecule has 3 N–H and O–H groups in total. The van der Waals surface area contributed by atoms with Crippen LogP contribution in [-0.2, 0) is 13.5 Å². The molecule has 0 bridgehead atoms. The molecule has 0 radical (unpaired) electrons. The van der Waals surface area contributed by atoms with Gasteiger partial charge in [-0.05, 0) is 12.1 Å². The highest BCUT2D eigenvalue weighted by atomic mass is 19.1. The highest BCUT2D eigenvalue weighted by Crippen LogP contribution is 2.22. The third-order valence-corrected chi connectivity index (χ3v) is 2.61. The van der Waals surface area contributed by atoms with Gasteiger partial charge in [-0.15, -0.1) is 5.10 Å². The van der Waals surface area contributed by atoms with Gasteiger partial charge < -0.3 is 0 Å². The van der Waals surface area contributed by atoms with Gasteiger partial charge >= 0.3 is 0 Å². The fourth-order valence-corrected chi connectivity index (χ4v) is 1.79. The first-order valence-electron chi connectivity index (χ1n) is 5.37. The van der Waals surface area contributed by atoms with Crippen molar-refractivity contribution in [1.29, 1.82) is 0 Å². The van der Waals surface area contributed by atoms with Crippen LogP contribution in [0.5, 0.6) is 0 Å². The molecule has 7 heteroatoms. The first-order valence-corrected chi connectivity index (χ1v) is 5.37. The maximum atomic E-state index is 13.6. The molecule has 0 fully saturated rings. The van der Waals surface area contributed by atoms with Crippen molar-refractivity contribution in [3.63, 3.8) is 0 Å². The van der Waals surface area contributed by atoms with Crippen LogP contribution in [0.2, 0.25) is 0 Å². The van der Waals surface area contributed by atoms with E-state index in [0.717, 1.165) is 0 Å². The molecular weight excluding hydrogens is 240 g/mol. The maximum absolute atomic E-state index is 13.6. The van der Waals surface area contributed by atoms with Gasteiger partial charge in [-0.2, -0.15) is 0 Å². The Morgan fingerprint density at radius 1 is 1.39 bits per heavy atom. The summed E-state index contributed by atoms with van der Waals surface area (Å²) in [5.41, 5.74) is 2.91. The highest BCUT2D eigenvalue weighted by molar-refractivity contribution is 5.24. The first kappa shape index (κ1) is 12.6. The minimum atomic E-state index is -0.692. The molecule has 1 heterocycles. The summed E-state index contributed by atoms with van der Waals surface area (Å²) >= 11 is 0. The number of nitrogens with two attached hydrogens (primary N) is 1. The third-order valence-electron chi connectivity index (χ3n) is 2.61. The predicted molar refractivity (Wildman–Crippen MR) is 61.1 cm³/mol. The molecule has 2 rings (SSSR count). The lowest BCUT2D eigenvalue weighted by Gasteiger charge is -2.16. The zero-order valence-electron chi connectivity index (χ0n) is 9.77. The Morgan fingerprint density at radius 2 is 2.06 bits per heavy atom. The van der Waals surface area contributed by atoms with Crippen molar-refractivity contribution >= 4 is 0 Å². The Balaban J connectivity index is 2.28. The minimum absolute atomic E-state index is 0.0920. The molecule has 0 aliphatic rings. The van der Waals surface area contributed by atoms with Gasteiger partial charge in [-0.25, -0.2) is 8.78 Å². The molecule has 1 atom stereocenters. The highest BCUT2D eigenvalue weighted by Gasteiger charge is 2.20. The monoisotopic (exact) mass is 253 g/mol. The van der Waals surface area contributed by atoms with E-state index in [9.17, 15) is 8.78 Å². The normalized spacial score (nSPS) is 12.7. The van der Waals surface area contributed by atoms with Crippen LogP contribution in [0.25, 0.3) is 0 Å². The van der Waals surface area contributed by atoms with Crippen LogP contribution >= 0.6 is 0 Å². The van der Waals surface area contributed by atoms with Crippen molar-refractivity contribution in [3.05, 3.63) is 47.3 Å². The quantitative estimate of drug-likeness (QED) is 0.626. The molecule has 0 saturated carbocycles. The topological polar surface area (TPSA) is 68.8 Å². The van der Waals surface area contributed by atoms with Gasteiger partial charge in [0.1, 0.15) is 11.6 Å². The van der Waals surface area contributed by atoms with Gasteiger partial charge in [-0.3, -0.25) is 16.0 Å². The number of nitrogens with zero attached hydrogens (tertiary/aromatic N) is 3. The Kier molecular flexibility index (Phi) is 3.63. The van der Waals surface area contributed by atoms with E-state index in [1.165, 1.54) is 22.9 Å². The molecule has 1 unspecified atom stereocenters. The smallest absolute Gasteiger partial charge is 0.130 e. The number of hydrazine groups is 1. The Hall–Kier alpha value is -1.86. The number of aromatic nitrogens is 3. The summed E-state index contributed by atoms with van der Waals surface area (Å²) in [4.78, 5) is 0. The second-order valence-electron chi connectivity index (χ2n) is 3.94. The maximum Gasteiger partial charge on any atom is 0.130 e. The van der Waals surface area contributed by atoms with Crippen LogP contribution < -0.4 is 11.3 Å². The van der Waals surface area contributed by atoms with Crippen LogP contribution in [0.4, 0.5) is 8.78 Å². The zero-order chi connectivity index (χ0) is 13.1. The summed E-state index contributed by atoms with van der Waals surface area (Å²) in [6.45, 7) is 0. The van der Waals surface area contributed by atoms with Gasteiger partial charge in [0.25, 0.3) is 0 Å². The number of hydrogen-bond acceptors (Lipinski definition) is 4. The molecule has 5 nitrogen and oxygen atoms in total. The SMILES string of the molecule is Cn1cc(CC(NN)c2c(F)cccc2F)nn1. The number of hydrogen-bond donors (Lipinski definition) is 2. The fourth-order valence-electron chi connectivity index (χ4n) is 1.79. The largest absolute Gasteiger partial charge is 0.271 e. The predicted octanol–water partition coefficient (Wildman–Crippen LogP) is 0.840. The molecule has 2 aromatic rings. The van der Waals surface area contributed by atoms with Crippen molar-refractivity contribution < 1.29 is 8.78 Å². The first-order chi connectivity index (χ1) is 8.61. The van der Waals surface area contributed by atoms with Gasteiger partial charge in [0.15, 0.2) is 0 Å². The van der Waals surface area contributed by atoms with Crippen molar-refractivity contribution in [2.45, 2.75) is 12.5 Å². The number of aryl methyl sites for hydroxylation is 1. The lowest BCUT2D eigenvalue weighted by atomic mass is 10.0. The van der Waals surface area contributed by atoms with E-state index < -0.39 is 17.7 Å². The molecule has 0 spiro atoms. The molecule has 0 aliphatic heterocycles. The summed E-state index contributed by atoms with van der Waals surface area (Å²) in [6, 6.07) is 3.01. The summed E-state index contributed by atoms with van der Waals surface area (Å²) in [5, 5.41) is 7.61. The van der Waals surface area contributed by atoms with Crippen LogP contribution in [0.1, 0.15) is 17.3 Å². The van der Waals surface area contributed by atoms with Crippen LogP contribution in [-0.4, -0.2) is 15.0 Å². The lowest BCUT2D eigenvalue weighted by Crippen LogP contribution is -2.31. The third kappa shape index (κ3) is 2.52. The van der Waals surface area contributed by atoms with E-state index in [2.05, 4.69) is 15.7 Å². The molecule has 18 heavy (non-hydrogen) atoms. The minimum Gasteiger partial charge on any atom is -0.271 e. The Morgan fingerprint density at radius 3 is 2.56 bits per heavy atom. The lowest BCUT2D eigenvalue weighted by molar-refractivity contribution is 0.470. The van der Waals surface area contributed by atoms with E-state index in [1.807, 2.05) is 0 Å². The number of nitrogens with one attached hydrogen (secondary N) is 1. The molecule has 1 aromatic carbocycles. The number of halogens is 2. The average molecular weight is 253 g/mol. The summed E-state index contributed by atoms with van der Waals surface area (Å²) < 4.78 is 28.8. The van der Waals surface area contributed by atoms with Gasteiger partial charge in [0, 0.05) is 25.2 Å². The van der Waals surface area contributed by atoms with Gasteiger partial charge in [0.05, 0.1) is 11.7 Å². The second kappa shape index (κ2) is 5.19. The Labute approximate surface area is 103 Å². The molecule has 0 saturated heterocycles. The second-order valence-corrected chi connectivity index (χ2v) is 3.94. The zero-order valence-corrected chi connectivity index (χ0v) is 9.77. The van der Waals surface area contributed by atoms with E-state index in [0.29, 0.717) is 5.69 Å². The van der Waals surface area contributed by atoms with Gasteiger partial charge in [0.2, 0.25) is 0 Å². The number of benzene rings is 1. The molecule has 1 aromatic heterocycles. The summed E-state index contributed by atoms with van der Waals surface area (Å²) in [5.74, 6) is 4.08.